The van der Waals surface area contributed by atoms with Gasteiger partial charge in [0, 0.05) is 17.0 Å². The van der Waals surface area contributed by atoms with Crippen molar-refractivity contribution in [1.29, 1.82) is 0 Å². The zero-order valence-electron chi connectivity index (χ0n) is 21.0. The van der Waals surface area contributed by atoms with E-state index in [1.165, 1.54) is 24.4 Å². The van der Waals surface area contributed by atoms with Crippen molar-refractivity contribution in [2.75, 3.05) is 10.0 Å². The van der Waals surface area contributed by atoms with Crippen molar-refractivity contribution in [2.45, 2.75) is 31.8 Å². The third kappa shape index (κ3) is 6.01. The van der Waals surface area contributed by atoms with E-state index in [1.54, 1.807) is 25.5 Å². The highest BCUT2D eigenvalue weighted by atomic mass is 32.2. The van der Waals surface area contributed by atoms with E-state index < -0.39 is 60.8 Å². The van der Waals surface area contributed by atoms with Gasteiger partial charge in [0.05, 0.1) is 27.2 Å². The van der Waals surface area contributed by atoms with Crippen LogP contribution in [0.4, 0.5) is 38.0 Å². The Morgan fingerprint density at radius 3 is 2.27 bits per heavy atom. The van der Waals surface area contributed by atoms with Gasteiger partial charge in [-0.2, -0.15) is 13.2 Å². The summed E-state index contributed by atoms with van der Waals surface area (Å²) in [6.45, 7) is 5.10. The van der Waals surface area contributed by atoms with Crippen LogP contribution in [0.1, 0.15) is 26.3 Å². The third-order valence-corrected chi connectivity index (χ3v) is 6.96. The molecule has 14 heteroatoms. The molecule has 0 radical (unpaired) electrons. The average molecular weight is 583 g/mol. The lowest BCUT2D eigenvalue weighted by Gasteiger charge is -2.16. The van der Waals surface area contributed by atoms with Crippen LogP contribution in [0.2, 0.25) is 0 Å². The number of aromatic nitrogens is 2. The van der Waals surface area contributed by atoms with Crippen molar-refractivity contribution in [2.24, 2.45) is 5.41 Å². The van der Waals surface area contributed by atoms with E-state index in [0.717, 1.165) is 12.1 Å². The van der Waals surface area contributed by atoms with Gasteiger partial charge in [-0.05, 0) is 48.0 Å². The van der Waals surface area contributed by atoms with Gasteiger partial charge >= 0.3 is 6.18 Å². The maximum Gasteiger partial charge on any atom is 0.416 e. The highest BCUT2D eigenvalue weighted by Crippen LogP contribution is 2.35. The van der Waals surface area contributed by atoms with E-state index in [-0.39, 0.29) is 29.6 Å². The van der Waals surface area contributed by atoms with Crippen LogP contribution in [0.15, 0.2) is 59.6 Å². The van der Waals surface area contributed by atoms with Crippen molar-refractivity contribution >= 4 is 38.5 Å². The molecule has 1 aromatic heterocycles. The van der Waals surface area contributed by atoms with Crippen molar-refractivity contribution < 1.29 is 39.6 Å². The predicted molar refractivity (Wildman–Crippen MR) is 135 cm³/mol. The first-order chi connectivity index (χ1) is 18.5. The Morgan fingerprint density at radius 1 is 0.925 bits per heavy atom. The number of nitrogens with zero attached hydrogens (tertiary/aromatic N) is 2. The number of carbonyl (C=O) groups is 1. The largest absolute Gasteiger partial charge is 0.416 e. The molecule has 4 aromatic rings. The maximum absolute atomic E-state index is 15.4. The summed E-state index contributed by atoms with van der Waals surface area (Å²) in [7, 11) is -4.92. The molecular formula is C26H20F6N4O3S. The number of sulfonamides is 1. The Kier molecular flexibility index (Phi) is 7.26. The van der Waals surface area contributed by atoms with Crippen LogP contribution in [0, 0.1) is 22.9 Å². The van der Waals surface area contributed by atoms with Gasteiger partial charge < -0.3 is 0 Å². The quantitative estimate of drug-likeness (QED) is 0.261. The van der Waals surface area contributed by atoms with Gasteiger partial charge in [-0.25, -0.2) is 31.6 Å². The minimum absolute atomic E-state index is 0.0139. The Bertz CT molecular complexity index is 1750. The number of rotatable bonds is 5. The Hall–Kier alpha value is -4.20. The highest BCUT2D eigenvalue weighted by molar-refractivity contribution is 7.92. The van der Waals surface area contributed by atoms with Gasteiger partial charge in [-0.3, -0.25) is 14.8 Å². The minimum atomic E-state index is -5.04. The van der Waals surface area contributed by atoms with E-state index in [4.69, 9.17) is 0 Å². The molecule has 0 atom stereocenters. The number of anilines is 2. The summed E-state index contributed by atoms with van der Waals surface area (Å²) >= 11 is 0. The third-order valence-electron chi connectivity index (χ3n) is 5.62. The molecule has 3 aromatic carbocycles. The van der Waals surface area contributed by atoms with Gasteiger partial charge in [0.25, 0.3) is 10.0 Å². The normalized spacial score (nSPS) is 12.4. The fourth-order valence-electron chi connectivity index (χ4n) is 3.52. The lowest BCUT2D eigenvalue weighted by atomic mass is 9.96. The van der Waals surface area contributed by atoms with Crippen molar-refractivity contribution in [1.82, 2.24) is 9.97 Å². The molecule has 40 heavy (non-hydrogen) atoms. The lowest BCUT2D eigenvalue weighted by molar-refractivity contribution is -0.138. The molecule has 0 saturated heterocycles. The zero-order valence-corrected chi connectivity index (χ0v) is 21.8. The molecule has 2 N–H and O–H groups in total. The summed E-state index contributed by atoms with van der Waals surface area (Å²) in [4.78, 5) is 19.3. The molecule has 0 aliphatic carbocycles. The topological polar surface area (TPSA) is 101 Å². The fraction of sp³-hybridized carbons (Fsp3) is 0.192. The van der Waals surface area contributed by atoms with Crippen molar-refractivity contribution in [3.63, 3.8) is 0 Å². The summed E-state index contributed by atoms with van der Waals surface area (Å²) < 4.78 is 110. The number of fused-ring (bicyclic) bond motifs is 1. The summed E-state index contributed by atoms with van der Waals surface area (Å²) in [5.74, 6) is -4.24. The van der Waals surface area contributed by atoms with Crippen LogP contribution < -0.4 is 10.0 Å². The van der Waals surface area contributed by atoms with Gasteiger partial charge in [0.2, 0.25) is 11.9 Å². The van der Waals surface area contributed by atoms with Crippen LogP contribution in [0.3, 0.4) is 0 Å². The zero-order chi connectivity index (χ0) is 29.6. The number of nitrogens with one attached hydrogen (secondary N) is 2. The molecule has 210 valence electrons. The standard InChI is InChI=1S/C26H20F6N4O3S/c1-25(2,3)23(37)35-24-33-12-14-8-13(4-6-19(14)34-24)21-18(28)5-7-20(22(21)29)36-40(38,39)17-10-15(26(30,31)32)9-16(27)11-17/h4-12,36H,1-3H3,(H,33,34,35,37). The smallest absolute Gasteiger partial charge is 0.294 e. The van der Waals surface area contributed by atoms with Crippen LogP contribution in [0.5, 0.6) is 0 Å². The molecule has 0 saturated carbocycles. The highest BCUT2D eigenvalue weighted by Gasteiger charge is 2.33. The van der Waals surface area contributed by atoms with Gasteiger partial charge in [0.1, 0.15) is 11.6 Å². The van der Waals surface area contributed by atoms with Crippen LogP contribution in [-0.4, -0.2) is 24.3 Å². The second-order valence-electron chi connectivity index (χ2n) is 9.73. The monoisotopic (exact) mass is 582 g/mol. The average Bonchev–Trinajstić information content (AvgIpc) is 2.84. The van der Waals surface area contributed by atoms with Gasteiger partial charge in [-0.1, -0.05) is 26.8 Å². The molecule has 0 spiro atoms. The number of alkyl halides is 3. The Morgan fingerprint density at radius 2 is 1.62 bits per heavy atom. The maximum atomic E-state index is 15.4. The summed E-state index contributed by atoms with van der Waals surface area (Å²) in [6.07, 6.45) is -3.73. The first-order valence-corrected chi connectivity index (χ1v) is 12.9. The lowest BCUT2D eigenvalue weighted by Crippen LogP contribution is -2.28. The molecule has 4 rings (SSSR count). The van der Waals surface area contributed by atoms with Crippen molar-refractivity contribution in [3.8, 4) is 11.1 Å². The Balaban J connectivity index is 1.69. The number of carbonyl (C=O) groups excluding carboxylic acids is 1. The first-order valence-electron chi connectivity index (χ1n) is 11.4. The van der Waals surface area contributed by atoms with Crippen LogP contribution in [0.25, 0.3) is 22.0 Å². The fourth-order valence-corrected chi connectivity index (χ4v) is 4.63. The molecule has 0 aliphatic heterocycles. The second-order valence-corrected chi connectivity index (χ2v) is 11.4. The van der Waals surface area contributed by atoms with E-state index in [9.17, 15) is 35.2 Å². The number of amides is 1. The van der Waals surface area contributed by atoms with E-state index >= 15 is 4.39 Å². The number of hydrogen-bond acceptors (Lipinski definition) is 5. The molecule has 0 unspecified atom stereocenters. The van der Waals surface area contributed by atoms with E-state index in [2.05, 4.69) is 15.3 Å². The first kappa shape index (κ1) is 28.8. The van der Waals surface area contributed by atoms with Crippen LogP contribution >= 0.6 is 0 Å². The van der Waals surface area contributed by atoms with E-state index in [0.29, 0.717) is 17.0 Å². The van der Waals surface area contributed by atoms with Crippen molar-refractivity contribution in [3.05, 3.63) is 77.7 Å². The molecule has 7 nitrogen and oxygen atoms in total. The summed E-state index contributed by atoms with van der Waals surface area (Å²) in [5, 5.41) is 2.89. The molecule has 0 aliphatic rings. The van der Waals surface area contributed by atoms with Gasteiger partial charge in [0.15, 0.2) is 5.82 Å². The summed E-state index contributed by atoms with van der Waals surface area (Å²) in [6, 6.07) is 6.16. The Labute approximate surface area is 224 Å². The second kappa shape index (κ2) is 10.1. The van der Waals surface area contributed by atoms with E-state index in [1.807, 2.05) is 0 Å². The predicted octanol–water partition coefficient (Wildman–Crippen LogP) is 6.52. The summed E-state index contributed by atoms with van der Waals surface area (Å²) in [5.41, 5.74) is -3.42. The number of hydrogen-bond donors (Lipinski definition) is 2. The molecule has 1 heterocycles. The SMILES string of the molecule is CC(C)(C)C(=O)Nc1ncc2cc(-c3c(F)ccc(NS(=O)(=O)c4cc(F)cc(C(F)(F)F)c4)c3F)ccc2n1. The molecule has 1 amide bonds. The molecule has 0 bridgehead atoms. The number of benzene rings is 3. The molecular weight excluding hydrogens is 562 g/mol. The minimum Gasteiger partial charge on any atom is -0.294 e. The molecule has 0 fully saturated rings. The van der Waals surface area contributed by atoms with Gasteiger partial charge in [-0.15, -0.1) is 0 Å². The number of halogens is 6. The van der Waals surface area contributed by atoms with Crippen LogP contribution in [-0.2, 0) is 21.0 Å².